The second kappa shape index (κ2) is 7.21. The summed E-state index contributed by atoms with van der Waals surface area (Å²) in [6.07, 6.45) is 0.145. The van der Waals surface area contributed by atoms with Gasteiger partial charge in [-0.1, -0.05) is 0 Å². The first-order valence-electron chi connectivity index (χ1n) is 6.55. The molecule has 21 heavy (non-hydrogen) atoms. The fourth-order valence-electron chi connectivity index (χ4n) is 1.99. The van der Waals surface area contributed by atoms with Crippen LogP contribution in [0, 0.1) is 0 Å². The van der Waals surface area contributed by atoms with E-state index in [9.17, 15) is 9.59 Å². The van der Waals surface area contributed by atoms with E-state index < -0.39 is 0 Å². The molecule has 0 aromatic heterocycles. The van der Waals surface area contributed by atoms with Crippen LogP contribution < -0.4 is 20.1 Å². The average Bonchev–Trinajstić information content (AvgIpc) is 2.50. The van der Waals surface area contributed by atoms with Crippen LogP contribution in [-0.4, -0.2) is 43.6 Å². The van der Waals surface area contributed by atoms with Crippen LogP contribution in [-0.2, 0) is 9.59 Å². The van der Waals surface area contributed by atoms with E-state index in [1.807, 2.05) is 0 Å². The number of thioether (sulfide) groups is 1. The lowest BCUT2D eigenvalue weighted by Crippen LogP contribution is -2.40. The Kier molecular flexibility index (Phi) is 5.32. The van der Waals surface area contributed by atoms with Gasteiger partial charge in [0.15, 0.2) is 0 Å². The molecule has 114 valence electrons. The van der Waals surface area contributed by atoms with Crippen LogP contribution in [0.4, 0.5) is 5.69 Å². The molecule has 0 aliphatic carbocycles. The lowest BCUT2D eigenvalue weighted by molar-refractivity contribution is -0.123. The van der Waals surface area contributed by atoms with Crippen molar-refractivity contribution in [1.29, 1.82) is 0 Å². The van der Waals surface area contributed by atoms with Crippen molar-refractivity contribution in [2.45, 2.75) is 11.7 Å². The SMILES string of the molecule is COc1ccc(NC(=O)C[C@H]2SCCNC2=O)c(OC)c1. The van der Waals surface area contributed by atoms with Crippen LogP contribution in [0.3, 0.4) is 0 Å². The molecule has 1 aromatic rings. The zero-order chi connectivity index (χ0) is 15.2. The lowest BCUT2D eigenvalue weighted by atomic mass is 10.2. The highest BCUT2D eigenvalue weighted by Gasteiger charge is 2.25. The minimum Gasteiger partial charge on any atom is -0.497 e. The number of benzene rings is 1. The summed E-state index contributed by atoms with van der Waals surface area (Å²) in [6.45, 7) is 0.661. The molecule has 0 unspecified atom stereocenters. The van der Waals surface area contributed by atoms with Crippen molar-refractivity contribution in [3.8, 4) is 11.5 Å². The zero-order valence-corrected chi connectivity index (χ0v) is 12.8. The molecule has 1 aliphatic heterocycles. The number of anilines is 1. The molecule has 6 nitrogen and oxygen atoms in total. The van der Waals surface area contributed by atoms with Gasteiger partial charge in [-0.05, 0) is 12.1 Å². The maximum Gasteiger partial charge on any atom is 0.233 e. The summed E-state index contributed by atoms with van der Waals surface area (Å²) < 4.78 is 10.3. The smallest absolute Gasteiger partial charge is 0.233 e. The summed E-state index contributed by atoms with van der Waals surface area (Å²) >= 11 is 1.50. The van der Waals surface area contributed by atoms with Crippen molar-refractivity contribution in [3.63, 3.8) is 0 Å². The van der Waals surface area contributed by atoms with E-state index in [4.69, 9.17) is 9.47 Å². The molecule has 1 atom stereocenters. The molecule has 0 bridgehead atoms. The van der Waals surface area contributed by atoms with E-state index in [-0.39, 0.29) is 23.5 Å². The van der Waals surface area contributed by atoms with Crippen LogP contribution in [0.1, 0.15) is 6.42 Å². The van der Waals surface area contributed by atoms with E-state index in [0.717, 1.165) is 5.75 Å². The third kappa shape index (κ3) is 4.04. The number of nitrogens with one attached hydrogen (secondary N) is 2. The van der Waals surface area contributed by atoms with E-state index in [1.54, 1.807) is 25.3 Å². The van der Waals surface area contributed by atoms with Gasteiger partial charge in [-0.3, -0.25) is 9.59 Å². The van der Waals surface area contributed by atoms with Crippen molar-refractivity contribution in [1.82, 2.24) is 5.32 Å². The zero-order valence-electron chi connectivity index (χ0n) is 12.0. The van der Waals surface area contributed by atoms with Crippen LogP contribution in [0.25, 0.3) is 0 Å². The molecule has 0 spiro atoms. The molecular weight excluding hydrogens is 292 g/mol. The Hall–Kier alpha value is -1.89. The molecule has 0 saturated carbocycles. The first kappa shape index (κ1) is 15.5. The number of amides is 2. The van der Waals surface area contributed by atoms with Crippen molar-refractivity contribution in [2.24, 2.45) is 0 Å². The Morgan fingerprint density at radius 1 is 1.43 bits per heavy atom. The number of hydrogen-bond acceptors (Lipinski definition) is 5. The standard InChI is InChI=1S/C14H18N2O4S/c1-19-9-3-4-10(11(7-9)20-2)16-13(17)8-12-14(18)15-5-6-21-12/h3-4,7,12H,5-6,8H2,1-2H3,(H,15,18)(H,16,17)/t12-/m1/s1. The van der Waals surface area contributed by atoms with Crippen LogP contribution in [0.2, 0.25) is 0 Å². The minimum atomic E-state index is -0.331. The Bertz CT molecular complexity index is 536. The largest absolute Gasteiger partial charge is 0.497 e. The number of ether oxygens (including phenoxy) is 2. The topological polar surface area (TPSA) is 76.7 Å². The van der Waals surface area contributed by atoms with Crippen molar-refractivity contribution < 1.29 is 19.1 Å². The molecule has 1 aromatic carbocycles. The highest BCUT2D eigenvalue weighted by molar-refractivity contribution is 8.00. The Labute approximate surface area is 127 Å². The normalized spacial score (nSPS) is 17.8. The van der Waals surface area contributed by atoms with E-state index in [2.05, 4.69) is 10.6 Å². The summed E-state index contributed by atoms with van der Waals surface area (Å²) in [4.78, 5) is 23.7. The first-order chi connectivity index (χ1) is 10.1. The fraction of sp³-hybridized carbons (Fsp3) is 0.429. The predicted molar refractivity (Wildman–Crippen MR) is 82.0 cm³/mol. The third-order valence-electron chi connectivity index (χ3n) is 3.07. The van der Waals surface area contributed by atoms with E-state index in [0.29, 0.717) is 23.7 Å². The van der Waals surface area contributed by atoms with Crippen LogP contribution >= 0.6 is 11.8 Å². The van der Waals surface area contributed by atoms with Crippen LogP contribution in [0.15, 0.2) is 18.2 Å². The maximum atomic E-state index is 12.1. The molecule has 2 amide bonds. The van der Waals surface area contributed by atoms with Gasteiger partial charge in [0.2, 0.25) is 11.8 Å². The molecule has 1 heterocycles. The van der Waals surface area contributed by atoms with Gasteiger partial charge < -0.3 is 20.1 Å². The molecule has 1 fully saturated rings. The van der Waals surface area contributed by atoms with Crippen molar-refractivity contribution in [2.75, 3.05) is 31.8 Å². The average molecular weight is 310 g/mol. The monoisotopic (exact) mass is 310 g/mol. The Morgan fingerprint density at radius 3 is 2.90 bits per heavy atom. The molecule has 2 rings (SSSR count). The van der Waals surface area contributed by atoms with Crippen molar-refractivity contribution >= 4 is 29.3 Å². The predicted octanol–water partition coefficient (Wildman–Crippen LogP) is 1.26. The highest BCUT2D eigenvalue weighted by Crippen LogP contribution is 2.29. The van der Waals surface area contributed by atoms with Crippen LogP contribution in [0.5, 0.6) is 11.5 Å². The van der Waals surface area contributed by atoms with Gasteiger partial charge in [0.25, 0.3) is 0 Å². The summed E-state index contributed by atoms with van der Waals surface area (Å²) in [5.41, 5.74) is 0.560. The number of rotatable bonds is 5. The summed E-state index contributed by atoms with van der Waals surface area (Å²) in [5, 5.41) is 5.20. The molecule has 1 aliphatic rings. The Morgan fingerprint density at radius 2 is 2.24 bits per heavy atom. The van der Waals surface area contributed by atoms with Gasteiger partial charge in [0.05, 0.1) is 25.2 Å². The molecule has 7 heteroatoms. The second-order valence-corrected chi connectivity index (χ2v) is 5.78. The number of carbonyl (C=O) groups is 2. The van der Waals surface area contributed by atoms with Gasteiger partial charge in [-0.25, -0.2) is 0 Å². The lowest BCUT2D eigenvalue weighted by Gasteiger charge is -2.21. The number of carbonyl (C=O) groups excluding carboxylic acids is 2. The first-order valence-corrected chi connectivity index (χ1v) is 7.60. The summed E-state index contributed by atoms with van der Waals surface area (Å²) in [7, 11) is 3.08. The summed E-state index contributed by atoms with van der Waals surface area (Å²) in [6, 6.07) is 5.14. The van der Waals surface area contributed by atoms with Crippen molar-refractivity contribution in [3.05, 3.63) is 18.2 Å². The third-order valence-corrected chi connectivity index (χ3v) is 4.29. The summed E-state index contributed by atoms with van der Waals surface area (Å²) in [5.74, 6) is 1.70. The maximum absolute atomic E-state index is 12.1. The highest BCUT2D eigenvalue weighted by atomic mass is 32.2. The minimum absolute atomic E-state index is 0.0805. The second-order valence-electron chi connectivity index (χ2n) is 4.47. The van der Waals surface area contributed by atoms with Gasteiger partial charge >= 0.3 is 0 Å². The van der Waals surface area contributed by atoms with Gasteiger partial charge in [0, 0.05) is 24.8 Å². The fourth-order valence-corrected chi connectivity index (χ4v) is 3.00. The van der Waals surface area contributed by atoms with Gasteiger partial charge in [-0.2, -0.15) is 0 Å². The van der Waals surface area contributed by atoms with E-state index in [1.165, 1.54) is 18.9 Å². The molecular formula is C14H18N2O4S. The van der Waals surface area contributed by atoms with Gasteiger partial charge in [0.1, 0.15) is 11.5 Å². The number of hydrogen-bond donors (Lipinski definition) is 2. The molecule has 1 saturated heterocycles. The molecule has 0 radical (unpaired) electrons. The van der Waals surface area contributed by atoms with E-state index >= 15 is 0 Å². The van der Waals surface area contributed by atoms with Gasteiger partial charge in [-0.15, -0.1) is 11.8 Å². The molecule has 2 N–H and O–H groups in total. The quantitative estimate of drug-likeness (QED) is 0.856. The number of methoxy groups -OCH3 is 2. The Balaban J connectivity index is 2.00.